The van der Waals surface area contributed by atoms with Crippen molar-refractivity contribution in [1.82, 2.24) is 9.88 Å². The van der Waals surface area contributed by atoms with E-state index in [4.69, 9.17) is 5.73 Å². The SMILES string of the molecule is Cc1cc(C(=O)NCCC(C)N)c(C)n1-c1ccccc1Br. The Labute approximate surface area is 139 Å². The molecule has 0 bridgehead atoms. The van der Waals surface area contributed by atoms with Crippen LogP contribution in [0.15, 0.2) is 34.8 Å². The van der Waals surface area contributed by atoms with E-state index >= 15 is 0 Å². The molecule has 2 aromatic rings. The topological polar surface area (TPSA) is 60.1 Å². The highest BCUT2D eigenvalue weighted by Crippen LogP contribution is 2.26. The van der Waals surface area contributed by atoms with Gasteiger partial charge in [-0.05, 0) is 61.3 Å². The Bertz CT molecular complexity index is 677. The second-order valence-corrected chi connectivity index (χ2v) is 6.45. The molecule has 2 rings (SSSR count). The minimum absolute atomic E-state index is 0.0490. The summed E-state index contributed by atoms with van der Waals surface area (Å²) in [4.78, 5) is 12.4. The summed E-state index contributed by atoms with van der Waals surface area (Å²) in [5, 5.41) is 2.93. The smallest absolute Gasteiger partial charge is 0.253 e. The molecule has 4 nitrogen and oxygen atoms in total. The first-order valence-corrected chi connectivity index (χ1v) is 8.18. The lowest BCUT2D eigenvalue weighted by atomic mass is 10.2. The zero-order chi connectivity index (χ0) is 16.3. The van der Waals surface area contributed by atoms with Gasteiger partial charge in [-0.25, -0.2) is 0 Å². The maximum atomic E-state index is 12.4. The van der Waals surface area contributed by atoms with Crippen LogP contribution in [0.4, 0.5) is 0 Å². The van der Waals surface area contributed by atoms with E-state index in [9.17, 15) is 4.79 Å². The lowest BCUT2D eigenvalue weighted by Crippen LogP contribution is -2.29. The van der Waals surface area contributed by atoms with Crippen LogP contribution in [0.2, 0.25) is 0 Å². The Morgan fingerprint density at radius 2 is 2.05 bits per heavy atom. The van der Waals surface area contributed by atoms with Gasteiger partial charge in [-0.15, -0.1) is 0 Å². The maximum absolute atomic E-state index is 12.4. The molecule has 3 N–H and O–H groups in total. The second-order valence-electron chi connectivity index (χ2n) is 5.59. The molecule has 0 spiro atoms. The van der Waals surface area contributed by atoms with Crippen molar-refractivity contribution in [2.75, 3.05) is 6.54 Å². The molecule has 0 aliphatic carbocycles. The summed E-state index contributed by atoms with van der Waals surface area (Å²) in [6.45, 7) is 6.50. The summed E-state index contributed by atoms with van der Waals surface area (Å²) in [6.07, 6.45) is 0.773. The summed E-state index contributed by atoms with van der Waals surface area (Å²) in [5.74, 6) is -0.0490. The first-order chi connectivity index (χ1) is 10.4. The Morgan fingerprint density at radius 1 is 1.36 bits per heavy atom. The van der Waals surface area contributed by atoms with Gasteiger partial charge in [0, 0.05) is 28.4 Å². The number of rotatable bonds is 5. The molecule has 1 heterocycles. The van der Waals surface area contributed by atoms with Crippen molar-refractivity contribution >= 4 is 21.8 Å². The average Bonchev–Trinajstić information content (AvgIpc) is 2.74. The van der Waals surface area contributed by atoms with Gasteiger partial charge in [0.05, 0.1) is 11.3 Å². The van der Waals surface area contributed by atoms with Gasteiger partial charge in [-0.1, -0.05) is 12.1 Å². The van der Waals surface area contributed by atoms with Gasteiger partial charge in [0.25, 0.3) is 5.91 Å². The number of carbonyl (C=O) groups is 1. The fourth-order valence-corrected chi connectivity index (χ4v) is 2.97. The van der Waals surface area contributed by atoms with Crippen LogP contribution in [0.5, 0.6) is 0 Å². The quantitative estimate of drug-likeness (QED) is 0.855. The summed E-state index contributed by atoms with van der Waals surface area (Å²) in [6, 6.07) is 10.0. The van der Waals surface area contributed by atoms with Crippen molar-refractivity contribution in [3.05, 3.63) is 51.8 Å². The highest BCUT2D eigenvalue weighted by atomic mass is 79.9. The fraction of sp³-hybridized carbons (Fsp3) is 0.353. The van der Waals surface area contributed by atoms with E-state index in [2.05, 4.69) is 25.8 Å². The molecule has 118 valence electrons. The first kappa shape index (κ1) is 16.8. The van der Waals surface area contributed by atoms with Crippen LogP contribution in [0, 0.1) is 13.8 Å². The Balaban J connectivity index is 2.28. The van der Waals surface area contributed by atoms with Crippen molar-refractivity contribution < 1.29 is 4.79 Å². The van der Waals surface area contributed by atoms with Crippen LogP contribution < -0.4 is 11.1 Å². The number of nitrogens with one attached hydrogen (secondary N) is 1. The number of nitrogens with two attached hydrogens (primary N) is 1. The molecule has 0 fully saturated rings. The summed E-state index contributed by atoms with van der Waals surface area (Å²) in [5.41, 5.74) is 9.41. The minimum atomic E-state index is -0.0490. The molecule has 0 saturated carbocycles. The number of nitrogens with zero attached hydrogens (tertiary/aromatic N) is 1. The number of hydrogen-bond donors (Lipinski definition) is 2. The number of benzene rings is 1. The van der Waals surface area contributed by atoms with E-state index in [0.717, 1.165) is 28.0 Å². The van der Waals surface area contributed by atoms with Gasteiger partial charge < -0.3 is 15.6 Å². The Hall–Kier alpha value is -1.59. The number of amides is 1. The maximum Gasteiger partial charge on any atom is 0.253 e. The highest BCUT2D eigenvalue weighted by molar-refractivity contribution is 9.10. The first-order valence-electron chi connectivity index (χ1n) is 7.39. The molecule has 22 heavy (non-hydrogen) atoms. The molecular formula is C17H22BrN3O. The summed E-state index contributed by atoms with van der Waals surface area (Å²) >= 11 is 3.57. The average molecular weight is 364 g/mol. The van der Waals surface area contributed by atoms with E-state index in [1.54, 1.807) is 0 Å². The van der Waals surface area contributed by atoms with Crippen LogP contribution in [0.1, 0.15) is 35.1 Å². The van der Waals surface area contributed by atoms with Crippen molar-refractivity contribution in [2.45, 2.75) is 33.2 Å². The van der Waals surface area contributed by atoms with Crippen LogP contribution in [-0.4, -0.2) is 23.1 Å². The number of carbonyl (C=O) groups excluding carboxylic acids is 1. The number of aryl methyl sites for hydroxylation is 1. The minimum Gasteiger partial charge on any atom is -0.352 e. The van der Waals surface area contributed by atoms with Crippen LogP contribution in [0.3, 0.4) is 0 Å². The Morgan fingerprint density at radius 3 is 2.68 bits per heavy atom. The molecule has 0 saturated heterocycles. The van der Waals surface area contributed by atoms with Gasteiger partial charge in [0.2, 0.25) is 0 Å². The lowest BCUT2D eigenvalue weighted by molar-refractivity contribution is 0.0952. The molecular weight excluding hydrogens is 342 g/mol. The molecule has 1 atom stereocenters. The largest absolute Gasteiger partial charge is 0.352 e. The monoisotopic (exact) mass is 363 g/mol. The lowest BCUT2D eigenvalue weighted by Gasteiger charge is -2.12. The molecule has 1 amide bonds. The molecule has 0 radical (unpaired) electrons. The van der Waals surface area contributed by atoms with Crippen molar-refractivity contribution in [3.8, 4) is 5.69 Å². The number of aromatic nitrogens is 1. The zero-order valence-electron chi connectivity index (χ0n) is 13.2. The van der Waals surface area contributed by atoms with Gasteiger partial charge in [0.15, 0.2) is 0 Å². The van der Waals surface area contributed by atoms with E-state index in [-0.39, 0.29) is 11.9 Å². The molecule has 1 aromatic carbocycles. The van der Waals surface area contributed by atoms with Crippen molar-refractivity contribution in [1.29, 1.82) is 0 Å². The number of halogens is 1. The summed E-state index contributed by atoms with van der Waals surface area (Å²) < 4.78 is 3.09. The zero-order valence-corrected chi connectivity index (χ0v) is 14.8. The predicted molar refractivity (Wildman–Crippen MR) is 93.5 cm³/mol. The van der Waals surface area contributed by atoms with E-state index in [1.807, 2.05) is 51.1 Å². The third-order valence-corrected chi connectivity index (χ3v) is 4.32. The van der Waals surface area contributed by atoms with Crippen LogP contribution in [-0.2, 0) is 0 Å². The van der Waals surface area contributed by atoms with Gasteiger partial charge in [0.1, 0.15) is 0 Å². The second kappa shape index (κ2) is 7.11. The van der Waals surface area contributed by atoms with Crippen LogP contribution in [0.25, 0.3) is 5.69 Å². The van der Waals surface area contributed by atoms with Gasteiger partial charge >= 0.3 is 0 Å². The number of hydrogen-bond acceptors (Lipinski definition) is 2. The van der Waals surface area contributed by atoms with Crippen molar-refractivity contribution in [2.24, 2.45) is 5.73 Å². The standard InChI is InChI=1S/C17H22BrN3O/c1-11(19)8-9-20-17(22)14-10-12(2)21(13(14)3)16-7-5-4-6-15(16)18/h4-7,10-11H,8-9,19H2,1-3H3,(H,20,22). The molecule has 0 aliphatic heterocycles. The summed E-state index contributed by atoms with van der Waals surface area (Å²) in [7, 11) is 0. The van der Waals surface area contributed by atoms with E-state index in [0.29, 0.717) is 12.1 Å². The molecule has 5 heteroatoms. The van der Waals surface area contributed by atoms with Crippen LogP contribution >= 0.6 is 15.9 Å². The third kappa shape index (κ3) is 3.59. The van der Waals surface area contributed by atoms with E-state index in [1.165, 1.54) is 0 Å². The number of para-hydroxylation sites is 1. The third-order valence-electron chi connectivity index (χ3n) is 3.65. The molecule has 1 unspecified atom stereocenters. The van der Waals surface area contributed by atoms with E-state index < -0.39 is 0 Å². The molecule has 0 aliphatic rings. The fourth-order valence-electron chi connectivity index (χ4n) is 2.51. The highest BCUT2D eigenvalue weighted by Gasteiger charge is 2.17. The van der Waals surface area contributed by atoms with Crippen molar-refractivity contribution in [3.63, 3.8) is 0 Å². The van der Waals surface area contributed by atoms with Gasteiger partial charge in [-0.3, -0.25) is 4.79 Å². The predicted octanol–water partition coefficient (Wildman–Crippen LogP) is 3.32. The van der Waals surface area contributed by atoms with Gasteiger partial charge in [-0.2, -0.15) is 0 Å². The molecule has 1 aromatic heterocycles. The normalized spacial score (nSPS) is 12.2. The Kier molecular flexibility index (Phi) is 5.42.